The van der Waals surface area contributed by atoms with Crippen molar-refractivity contribution in [3.05, 3.63) is 33.1 Å². The Hall–Kier alpha value is -1.01. The molecule has 1 aromatic heterocycles. The van der Waals surface area contributed by atoms with Gasteiger partial charge >= 0.3 is 5.97 Å². The van der Waals surface area contributed by atoms with Gasteiger partial charge in [-0.05, 0) is 22.0 Å². The molecule has 0 N–H and O–H groups in total. The first-order valence-electron chi connectivity index (χ1n) is 4.20. The maximum atomic E-state index is 13.4. The number of esters is 1. The monoisotopic (exact) mass is 306 g/mol. The number of hydrogen-bond donors (Lipinski definition) is 0. The molecule has 2 rings (SSSR count). The van der Waals surface area contributed by atoms with Crippen molar-refractivity contribution in [3.63, 3.8) is 0 Å². The van der Waals surface area contributed by atoms with Crippen LogP contribution in [-0.2, 0) is 4.74 Å². The molecule has 0 atom stereocenters. The lowest BCUT2D eigenvalue weighted by molar-refractivity contribution is 0.0606. The Balaban J connectivity index is 2.74. The average molecular weight is 307 g/mol. The fraction of sp³-hybridized carbons (Fsp3) is 0.100. The summed E-state index contributed by atoms with van der Waals surface area (Å²) >= 11 is 3.95. The molecule has 16 heavy (non-hydrogen) atoms. The third kappa shape index (κ3) is 1.72. The molecule has 0 saturated carbocycles. The van der Waals surface area contributed by atoms with E-state index in [-0.39, 0.29) is 14.0 Å². The van der Waals surface area contributed by atoms with Gasteiger partial charge in [0.2, 0.25) is 0 Å². The van der Waals surface area contributed by atoms with Gasteiger partial charge in [0.1, 0.15) is 16.5 Å². The molecule has 2 nitrogen and oxygen atoms in total. The summed E-state index contributed by atoms with van der Waals surface area (Å²) in [5.74, 6) is -1.94. The van der Waals surface area contributed by atoms with Crippen LogP contribution in [0.15, 0.2) is 16.6 Å². The molecule has 84 valence electrons. The topological polar surface area (TPSA) is 26.3 Å². The maximum absolute atomic E-state index is 13.4. The SMILES string of the molecule is COC(=O)c1cc2c(Br)c(F)cc(F)c2s1. The first-order chi connectivity index (χ1) is 7.54. The third-order valence-electron chi connectivity index (χ3n) is 2.04. The van der Waals surface area contributed by atoms with Crippen molar-refractivity contribution in [2.45, 2.75) is 0 Å². The summed E-state index contributed by atoms with van der Waals surface area (Å²) in [6.45, 7) is 0. The lowest BCUT2D eigenvalue weighted by atomic mass is 10.2. The highest BCUT2D eigenvalue weighted by Crippen LogP contribution is 2.35. The van der Waals surface area contributed by atoms with Gasteiger partial charge in [-0.3, -0.25) is 0 Å². The molecule has 0 aliphatic rings. The van der Waals surface area contributed by atoms with Crippen LogP contribution in [0.5, 0.6) is 0 Å². The number of benzene rings is 1. The Morgan fingerprint density at radius 1 is 1.38 bits per heavy atom. The van der Waals surface area contributed by atoms with Crippen molar-refractivity contribution in [3.8, 4) is 0 Å². The third-order valence-corrected chi connectivity index (χ3v) is 3.96. The van der Waals surface area contributed by atoms with Crippen LogP contribution in [0.1, 0.15) is 9.67 Å². The van der Waals surface area contributed by atoms with Gasteiger partial charge in [-0.2, -0.15) is 0 Å². The lowest BCUT2D eigenvalue weighted by Gasteiger charge is -1.96. The minimum Gasteiger partial charge on any atom is -0.465 e. The van der Waals surface area contributed by atoms with Crippen LogP contribution in [0.2, 0.25) is 0 Å². The second-order valence-corrected chi connectivity index (χ2v) is 4.84. The molecular weight excluding hydrogens is 302 g/mol. The molecule has 0 saturated heterocycles. The van der Waals surface area contributed by atoms with Crippen LogP contribution < -0.4 is 0 Å². The Morgan fingerprint density at radius 2 is 2.06 bits per heavy atom. The molecule has 0 unspecified atom stereocenters. The van der Waals surface area contributed by atoms with Crippen LogP contribution in [0.4, 0.5) is 8.78 Å². The minimum atomic E-state index is -0.695. The van der Waals surface area contributed by atoms with E-state index in [0.29, 0.717) is 5.39 Å². The van der Waals surface area contributed by atoms with Crippen molar-refractivity contribution >= 4 is 43.3 Å². The minimum absolute atomic E-state index is 0.148. The number of rotatable bonds is 1. The second-order valence-electron chi connectivity index (χ2n) is 3.00. The smallest absolute Gasteiger partial charge is 0.348 e. The van der Waals surface area contributed by atoms with Crippen molar-refractivity contribution in [1.82, 2.24) is 0 Å². The number of hydrogen-bond acceptors (Lipinski definition) is 3. The summed E-state index contributed by atoms with van der Waals surface area (Å²) < 4.78 is 31.5. The highest BCUT2D eigenvalue weighted by atomic mass is 79.9. The van der Waals surface area contributed by atoms with E-state index in [0.717, 1.165) is 17.4 Å². The second kappa shape index (κ2) is 4.10. The molecule has 2 aromatic rings. The Bertz CT molecular complexity index is 580. The number of fused-ring (bicyclic) bond motifs is 1. The highest BCUT2D eigenvalue weighted by molar-refractivity contribution is 9.10. The number of thiophene rings is 1. The fourth-order valence-corrected chi connectivity index (χ4v) is 2.85. The molecule has 6 heteroatoms. The van der Waals surface area contributed by atoms with E-state index >= 15 is 0 Å². The van der Waals surface area contributed by atoms with E-state index in [4.69, 9.17) is 0 Å². The largest absolute Gasteiger partial charge is 0.465 e. The lowest BCUT2D eigenvalue weighted by Crippen LogP contribution is -1.96. The summed E-state index contributed by atoms with van der Waals surface area (Å²) in [4.78, 5) is 11.5. The molecule has 1 heterocycles. The van der Waals surface area contributed by atoms with Crippen LogP contribution >= 0.6 is 27.3 Å². The Kier molecular flexibility index (Phi) is 2.94. The fourth-order valence-electron chi connectivity index (χ4n) is 1.30. The van der Waals surface area contributed by atoms with Gasteiger partial charge in [-0.15, -0.1) is 11.3 Å². The maximum Gasteiger partial charge on any atom is 0.348 e. The van der Waals surface area contributed by atoms with E-state index in [1.54, 1.807) is 0 Å². The predicted molar refractivity (Wildman–Crippen MR) is 60.8 cm³/mol. The summed E-state index contributed by atoms with van der Waals surface area (Å²) in [5, 5.41) is 0.336. The van der Waals surface area contributed by atoms with Gasteiger partial charge in [0, 0.05) is 11.5 Å². The normalized spacial score (nSPS) is 10.8. The van der Waals surface area contributed by atoms with E-state index in [1.165, 1.54) is 13.2 Å². The molecule has 0 aliphatic carbocycles. The van der Waals surface area contributed by atoms with Gasteiger partial charge in [0.25, 0.3) is 0 Å². The van der Waals surface area contributed by atoms with Gasteiger partial charge in [-0.25, -0.2) is 13.6 Å². The number of carbonyl (C=O) groups excluding carboxylic acids is 1. The molecule has 1 aromatic carbocycles. The first kappa shape index (κ1) is 11.5. The van der Waals surface area contributed by atoms with Crippen molar-refractivity contribution in [2.75, 3.05) is 7.11 Å². The van der Waals surface area contributed by atoms with Gasteiger partial charge in [0.15, 0.2) is 0 Å². The average Bonchev–Trinajstić information content (AvgIpc) is 2.70. The number of carbonyl (C=O) groups is 1. The van der Waals surface area contributed by atoms with Crippen LogP contribution in [0, 0.1) is 11.6 Å². The van der Waals surface area contributed by atoms with Gasteiger partial charge < -0.3 is 4.74 Å². The Labute approximate surface area is 102 Å². The zero-order valence-electron chi connectivity index (χ0n) is 8.01. The molecule has 0 bridgehead atoms. The van der Waals surface area contributed by atoms with E-state index in [2.05, 4.69) is 20.7 Å². The Morgan fingerprint density at radius 3 is 2.69 bits per heavy atom. The number of ether oxygens (including phenoxy) is 1. The quantitative estimate of drug-likeness (QED) is 0.593. The van der Waals surface area contributed by atoms with Crippen LogP contribution in [0.25, 0.3) is 10.1 Å². The van der Waals surface area contributed by atoms with Crippen LogP contribution in [0.3, 0.4) is 0 Å². The molecule has 0 spiro atoms. The molecule has 0 radical (unpaired) electrons. The summed E-state index contributed by atoms with van der Waals surface area (Å²) in [6.07, 6.45) is 0. The summed E-state index contributed by atoms with van der Waals surface area (Å²) in [7, 11) is 1.23. The summed E-state index contributed by atoms with van der Waals surface area (Å²) in [6, 6.07) is 2.19. The van der Waals surface area contributed by atoms with E-state index in [9.17, 15) is 13.6 Å². The van der Waals surface area contributed by atoms with E-state index < -0.39 is 17.6 Å². The molecule has 0 amide bonds. The standard InChI is InChI=1S/C10H5BrF2O2S/c1-15-10(14)7-2-4-8(11)5(12)3-6(13)9(4)16-7/h2-3H,1H3. The van der Waals surface area contributed by atoms with Gasteiger partial charge in [0.05, 0.1) is 16.3 Å². The number of halogens is 3. The molecule has 0 aliphatic heterocycles. The first-order valence-corrected chi connectivity index (χ1v) is 5.81. The molecule has 0 fully saturated rings. The number of methoxy groups -OCH3 is 1. The summed E-state index contributed by atoms with van der Waals surface area (Å²) in [5.41, 5.74) is 0. The van der Waals surface area contributed by atoms with Gasteiger partial charge in [-0.1, -0.05) is 0 Å². The van der Waals surface area contributed by atoms with Crippen LogP contribution in [-0.4, -0.2) is 13.1 Å². The van der Waals surface area contributed by atoms with Crippen molar-refractivity contribution in [2.24, 2.45) is 0 Å². The van der Waals surface area contributed by atoms with E-state index in [1.807, 2.05) is 0 Å². The predicted octanol–water partition coefficient (Wildman–Crippen LogP) is 3.73. The van der Waals surface area contributed by atoms with Crippen molar-refractivity contribution < 1.29 is 18.3 Å². The molecular formula is C10H5BrF2O2S. The zero-order valence-corrected chi connectivity index (χ0v) is 10.4. The van der Waals surface area contributed by atoms with Crippen molar-refractivity contribution in [1.29, 1.82) is 0 Å². The highest BCUT2D eigenvalue weighted by Gasteiger charge is 2.17. The zero-order chi connectivity index (χ0) is 11.9.